The monoisotopic (exact) mass is 313 g/mol. The number of nitrogens with zero attached hydrogens (tertiary/aromatic N) is 1. The molecule has 0 amide bonds. The number of ether oxygens (including phenoxy) is 2. The maximum absolute atomic E-state index is 6.02. The molecule has 3 atom stereocenters. The molecule has 3 fully saturated rings. The summed E-state index contributed by atoms with van der Waals surface area (Å²) in [5, 5.41) is 0. The molecule has 23 heavy (non-hydrogen) atoms. The summed E-state index contributed by atoms with van der Waals surface area (Å²) in [4.78, 5) is 2.83. The van der Waals surface area contributed by atoms with Crippen LogP contribution in [0.2, 0.25) is 0 Å². The molecule has 0 aromatic heterocycles. The number of methoxy groups -OCH3 is 1. The lowest BCUT2D eigenvalue weighted by atomic mass is 9.56. The van der Waals surface area contributed by atoms with Gasteiger partial charge < -0.3 is 9.47 Å². The summed E-state index contributed by atoms with van der Waals surface area (Å²) in [6.45, 7) is 4.44. The number of piperidine rings is 1. The lowest BCUT2D eigenvalue weighted by molar-refractivity contribution is -0.0838. The molecule has 1 saturated carbocycles. The number of hydrogen-bond acceptors (Lipinski definition) is 3. The Bertz CT molecular complexity index is 612. The zero-order valence-electron chi connectivity index (χ0n) is 14.1. The average Bonchev–Trinajstić information content (AvgIpc) is 3.41. The minimum atomic E-state index is 0.241. The van der Waals surface area contributed by atoms with Gasteiger partial charge in [0.15, 0.2) is 0 Å². The fourth-order valence-corrected chi connectivity index (χ4v) is 5.52. The topological polar surface area (TPSA) is 21.7 Å². The van der Waals surface area contributed by atoms with Gasteiger partial charge in [0.2, 0.25) is 0 Å². The molecule has 2 aliphatic heterocycles. The van der Waals surface area contributed by atoms with Crippen LogP contribution >= 0.6 is 0 Å². The average molecular weight is 313 g/mol. The third-order valence-electron chi connectivity index (χ3n) is 6.89. The van der Waals surface area contributed by atoms with Crippen molar-refractivity contribution in [3.63, 3.8) is 0 Å². The van der Waals surface area contributed by atoms with Gasteiger partial charge in [-0.2, -0.15) is 0 Å². The minimum absolute atomic E-state index is 0.241. The van der Waals surface area contributed by atoms with Gasteiger partial charge in [-0.25, -0.2) is 0 Å². The third kappa shape index (κ3) is 2.16. The predicted molar refractivity (Wildman–Crippen MR) is 90.0 cm³/mol. The van der Waals surface area contributed by atoms with Crippen molar-refractivity contribution < 1.29 is 9.47 Å². The smallest absolute Gasteiger partial charge is 0.119 e. The molecule has 0 N–H and O–H groups in total. The zero-order valence-corrected chi connectivity index (χ0v) is 14.1. The molecule has 1 aromatic rings. The lowest BCUT2D eigenvalue weighted by Gasteiger charge is -2.58. The molecule has 0 radical (unpaired) electrons. The van der Waals surface area contributed by atoms with E-state index in [1.165, 1.54) is 56.3 Å². The second-order valence-electron chi connectivity index (χ2n) is 8.09. The van der Waals surface area contributed by atoms with E-state index in [2.05, 4.69) is 23.1 Å². The van der Waals surface area contributed by atoms with Gasteiger partial charge in [-0.1, -0.05) is 6.07 Å². The third-order valence-corrected chi connectivity index (χ3v) is 6.89. The molecule has 124 valence electrons. The molecule has 0 spiro atoms. The molecule has 4 aliphatic rings. The van der Waals surface area contributed by atoms with E-state index in [4.69, 9.17) is 9.47 Å². The van der Waals surface area contributed by atoms with Crippen molar-refractivity contribution in [3.05, 3.63) is 29.3 Å². The number of rotatable bonds is 3. The summed E-state index contributed by atoms with van der Waals surface area (Å²) < 4.78 is 11.5. The number of likely N-dealkylation sites (tertiary alicyclic amines) is 1. The summed E-state index contributed by atoms with van der Waals surface area (Å²) in [5.74, 6) is 2.75. The zero-order chi connectivity index (χ0) is 15.4. The van der Waals surface area contributed by atoms with Gasteiger partial charge in [-0.05, 0) is 73.7 Å². The molecule has 2 aliphatic carbocycles. The van der Waals surface area contributed by atoms with Crippen LogP contribution in [-0.2, 0) is 16.6 Å². The van der Waals surface area contributed by atoms with E-state index in [0.29, 0.717) is 0 Å². The minimum Gasteiger partial charge on any atom is -0.497 e. The van der Waals surface area contributed by atoms with Crippen LogP contribution in [0.15, 0.2) is 18.2 Å². The molecule has 3 heteroatoms. The molecule has 3 nitrogen and oxygen atoms in total. The van der Waals surface area contributed by atoms with Gasteiger partial charge in [0.25, 0.3) is 0 Å². The van der Waals surface area contributed by atoms with Gasteiger partial charge in [-0.15, -0.1) is 0 Å². The predicted octanol–water partition coefficient (Wildman–Crippen LogP) is 3.01. The largest absolute Gasteiger partial charge is 0.497 e. The Morgan fingerprint density at radius 2 is 2.22 bits per heavy atom. The van der Waals surface area contributed by atoms with E-state index >= 15 is 0 Å². The highest BCUT2D eigenvalue weighted by Gasteiger charge is 2.54. The van der Waals surface area contributed by atoms with Crippen LogP contribution in [0.1, 0.15) is 36.8 Å². The highest BCUT2D eigenvalue weighted by atomic mass is 16.5. The maximum Gasteiger partial charge on any atom is 0.119 e. The first-order valence-corrected chi connectivity index (χ1v) is 9.29. The van der Waals surface area contributed by atoms with Crippen LogP contribution in [0.4, 0.5) is 0 Å². The fraction of sp³-hybridized carbons (Fsp3) is 0.700. The quantitative estimate of drug-likeness (QED) is 0.856. The highest BCUT2D eigenvalue weighted by Crippen LogP contribution is 2.53. The molecule has 1 aromatic carbocycles. The number of benzene rings is 1. The first kappa shape index (κ1) is 14.3. The van der Waals surface area contributed by atoms with E-state index < -0.39 is 0 Å². The standard InChI is InChI=1S/C20H27NO2/c1-22-16-5-4-15-10-19-17-6-9-23-13-20(17,18(15)11-16)7-8-21(19)12-14-2-3-14/h4-5,11,14,17,19H,2-3,6-10,12-13H2,1H3/t17-,19+,20-/m0/s1. The Hall–Kier alpha value is -1.06. The van der Waals surface area contributed by atoms with Crippen LogP contribution < -0.4 is 4.74 Å². The van der Waals surface area contributed by atoms with E-state index in [1.54, 1.807) is 7.11 Å². The van der Waals surface area contributed by atoms with Crippen molar-refractivity contribution in [2.75, 3.05) is 33.4 Å². The maximum atomic E-state index is 6.02. The van der Waals surface area contributed by atoms with Crippen LogP contribution in [-0.4, -0.2) is 44.4 Å². The van der Waals surface area contributed by atoms with Crippen molar-refractivity contribution in [1.82, 2.24) is 4.90 Å². The Balaban J connectivity index is 1.57. The van der Waals surface area contributed by atoms with Gasteiger partial charge in [0.05, 0.1) is 13.7 Å². The second-order valence-corrected chi connectivity index (χ2v) is 8.09. The van der Waals surface area contributed by atoms with E-state index in [0.717, 1.165) is 36.8 Å². The molecule has 0 unspecified atom stereocenters. The van der Waals surface area contributed by atoms with Crippen LogP contribution in [0.5, 0.6) is 5.75 Å². The molecule has 2 heterocycles. The summed E-state index contributed by atoms with van der Waals surface area (Å²) in [7, 11) is 1.78. The lowest BCUT2D eigenvalue weighted by Crippen LogP contribution is -2.63. The van der Waals surface area contributed by atoms with Crippen LogP contribution in [0.25, 0.3) is 0 Å². The first-order chi connectivity index (χ1) is 11.3. The summed E-state index contributed by atoms with van der Waals surface area (Å²) >= 11 is 0. The molecule has 5 rings (SSSR count). The Morgan fingerprint density at radius 3 is 3.04 bits per heavy atom. The Labute approximate surface area is 139 Å². The Kier molecular flexibility index (Phi) is 3.24. The van der Waals surface area contributed by atoms with Gasteiger partial charge in [0.1, 0.15) is 5.75 Å². The summed E-state index contributed by atoms with van der Waals surface area (Å²) in [6.07, 6.45) is 6.61. The van der Waals surface area contributed by atoms with Crippen molar-refractivity contribution >= 4 is 0 Å². The number of hydrogen-bond donors (Lipinski definition) is 0. The van der Waals surface area contributed by atoms with Crippen molar-refractivity contribution in [1.29, 1.82) is 0 Å². The summed E-state index contributed by atoms with van der Waals surface area (Å²) in [6, 6.07) is 7.49. The SMILES string of the molecule is COc1ccc2c(c1)[C@]13CCN(CC4CC4)[C@H](C2)[C@@H]1CCOC3. The van der Waals surface area contributed by atoms with Gasteiger partial charge >= 0.3 is 0 Å². The first-order valence-electron chi connectivity index (χ1n) is 9.29. The van der Waals surface area contributed by atoms with E-state index in [9.17, 15) is 0 Å². The van der Waals surface area contributed by atoms with E-state index in [-0.39, 0.29) is 5.41 Å². The number of fused-ring (bicyclic) bond motifs is 1. The van der Waals surface area contributed by atoms with Gasteiger partial charge in [-0.3, -0.25) is 4.90 Å². The molecule has 2 saturated heterocycles. The van der Waals surface area contributed by atoms with Crippen LogP contribution in [0.3, 0.4) is 0 Å². The van der Waals surface area contributed by atoms with Crippen molar-refractivity contribution in [3.8, 4) is 5.75 Å². The normalized spacial score (nSPS) is 36.2. The Morgan fingerprint density at radius 1 is 1.30 bits per heavy atom. The highest BCUT2D eigenvalue weighted by molar-refractivity contribution is 5.45. The van der Waals surface area contributed by atoms with E-state index in [1.807, 2.05) is 0 Å². The second kappa shape index (κ2) is 5.22. The summed E-state index contributed by atoms with van der Waals surface area (Å²) in [5.41, 5.74) is 3.31. The van der Waals surface area contributed by atoms with Crippen molar-refractivity contribution in [2.24, 2.45) is 11.8 Å². The van der Waals surface area contributed by atoms with Crippen LogP contribution in [0, 0.1) is 11.8 Å². The van der Waals surface area contributed by atoms with Gasteiger partial charge in [0, 0.05) is 24.6 Å². The molecular formula is C20H27NO2. The fourth-order valence-electron chi connectivity index (χ4n) is 5.52. The van der Waals surface area contributed by atoms with Crippen molar-refractivity contribution in [2.45, 2.75) is 43.6 Å². The molecule has 2 bridgehead atoms. The molecular weight excluding hydrogens is 286 g/mol.